The molecular weight excluding hydrogens is 282 g/mol. The number of aliphatic hydroxyl groups excluding tert-OH is 1. The van der Waals surface area contributed by atoms with E-state index < -0.39 is 6.10 Å². The SMILES string of the molecule is COC1C=CC23c4cc5c(cc4CN(CC2O)[C@@H]3C1)OCO5. The fraction of sp³-hybridized carbons (Fsp3) is 0.529. The molecule has 5 nitrogen and oxygen atoms in total. The van der Waals surface area contributed by atoms with Crippen molar-refractivity contribution < 1.29 is 19.3 Å². The van der Waals surface area contributed by atoms with Gasteiger partial charge in [-0.2, -0.15) is 0 Å². The van der Waals surface area contributed by atoms with Crippen molar-refractivity contribution in [3.63, 3.8) is 0 Å². The molecule has 1 N–H and O–H groups in total. The summed E-state index contributed by atoms with van der Waals surface area (Å²) in [6.07, 6.45) is 4.91. The first-order chi connectivity index (χ1) is 10.7. The van der Waals surface area contributed by atoms with E-state index >= 15 is 0 Å². The summed E-state index contributed by atoms with van der Waals surface area (Å²) in [6.45, 7) is 1.83. The number of ether oxygens (including phenoxy) is 3. The van der Waals surface area contributed by atoms with Crippen LogP contribution in [0.1, 0.15) is 17.5 Å². The zero-order valence-corrected chi connectivity index (χ0v) is 12.5. The molecule has 0 aromatic heterocycles. The van der Waals surface area contributed by atoms with Gasteiger partial charge in [0.1, 0.15) is 0 Å². The highest BCUT2D eigenvalue weighted by atomic mass is 16.7. The molecular formula is C17H19NO4. The molecule has 0 saturated carbocycles. The molecule has 5 atom stereocenters. The molecule has 22 heavy (non-hydrogen) atoms. The normalized spacial score (nSPS) is 40.5. The standard InChI is InChI=1S/C17H19NO4/c1-20-11-2-3-17-12-6-14-13(21-9-22-14)4-10(12)7-18(8-16(17)19)15(17)5-11/h2-4,6,11,15-16,19H,5,7-9H2,1H3/t11?,15-,16?,17?/m1/s1. The van der Waals surface area contributed by atoms with Gasteiger partial charge in [-0.3, -0.25) is 4.90 Å². The van der Waals surface area contributed by atoms with Gasteiger partial charge in [-0.15, -0.1) is 0 Å². The van der Waals surface area contributed by atoms with Crippen LogP contribution in [0.15, 0.2) is 24.3 Å². The van der Waals surface area contributed by atoms with E-state index in [-0.39, 0.29) is 24.4 Å². The van der Waals surface area contributed by atoms with E-state index in [2.05, 4.69) is 29.2 Å². The van der Waals surface area contributed by atoms with Crippen molar-refractivity contribution in [2.24, 2.45) is 0 Å². The Morgan fingerprint density at radius 3 is 2.95 bits per heavy atom. The van der Waals surface area contributed by atoms with Gasteiger partial charge < -0.3 is 19.3 Å². The molecule has 4 aliphatic rings. The zero-order chi connectivity index (χ0) is 14.9. The number of aliphatic hydroxyl groups is 1. The van der Waals surface area contributed by atoms with Gasteiger partial charge in [0.15, 0.2) is 11.5 Å². The van der Waals surface area contributed by atoms with E-state index in [1.165, 1.54) is 11.1 Å². The van der Waals surface area contributed by atoms with Gasteiger partial charge in [-0.05, 0) is 29.7 Å². The molecule has 5 rings (SSSR count). The van der Waals surface area contributed by atoms with E-state index in [9.17, 15) is 5.11 Å². The summed E-state index contributed by atoms with van der Waals surface area (Å²) in [5, 5.41) is 10.8. The Morgan fingerprint density at radius 1 is 1.32 bits per heavy atom. The lowest BCUT2D eigenvalue weighted by Crippen LogP contribution is -2.52. The van der Waals surface area contributed by atoms with Crippen LogP contribution in [0, 0.1) is 0 Å². The number of methoxy groups -OCH3 is 1. The molecule has 0 spiro atoms. The molecule has 1 saturated heterocycles. The molecule has 4 unspecified atom stereocenters. The van der Waals surface area contributed by atoms with Gasteiger partial charge in [0.05, 0.1) is 17.6 Å². The summed E-state index contributed by atoms with van der Waals surface area (Å²) in [6, 6.07) is 4.44. The van der Waals surface area contributed by atoms with Crippen LogP contribution in [0.5, 0.6) is 11.5 Å². The summed E-state index contributed by atoms with van der Waals surface area (Å²) in [5.74, 6) is 1.61. The van der Waals surface area contributed by atoms with Gasteiger partial charge in [0.2, 0.25) is 6.79 Å². The molecule has 1 fully saturated rings. The number of rotatable bonds is 1. The topological polar surface area (TPSA) is 51.2 Å². The van der Waals surface area contributed by atoms with Crippen LogP contribution in [0.2, 0.25) is 0 Å². The third-order valence-electron chi connectivity index (χ3n) is 5.73. The highest BCUT2D eigenvalue weighted by molar-refractivity contribution is 5.56. The van der Waals surface area contributed by atoms with Crippen LogP contribution in [-0.2, 0) is 16.7 Å². The van der Waals surface area contributed by atoms with Crippen molar-refractivity contribution >= 4 is 0 Å². The van der Waals surface area contributed by atoms with Crippen LogP contribution < -0.4 is 9.47 Å². The highest BCUT2D eigenvalue weighted by Crippen LogP contribution is 2.53. The summed E-state index contributed by atoms with van der Waals surface area (Å²) >= 11 is 0. The number of hydrogen-bond acceptors (Lipinski definition) is 5. The third-order valence-corrected chi connectivity index (χ3v) is 5.73. The average Bonchev–Trinajstić information content (AvgIpc) is 3.06. The van der Waals surface area contributed by atoms with Crippen molar-refractivity contribution in [2.45, 2.75) is 36.6 Å². The number of nitrogens with zero attached hydrogens (tertiary/aromatic N) is 1. The van der Waals surface area contributed by atoms with Crippen molar-refractivity contribution in [2.75, 3.05) is 20.4 Å². The Labute approximate surface area is 129 Å². The van der Waals surface area contributed by atoms with Crippen LogP contribution >= 0.6 is 0 Å². The summed E-state index contributed by atoms with van der Waals surface area (Å²) < 4.78 is 16.6. The Hall–Kier alpha value is -1.56. The second kappa shape index (κ2) is 4.25. The maximum Gasteiger partial charge on any atom is 0.231 e. The molecule has 2 bridgehead atoms. The average molecular weight is 301 g/mol. The Morgan fingerprint density at radius 2 is 2.14 bits per heavy atom. The van der Waals surface area contributed by atoms with Gasteiger partial charge in [0, 0.05) is 26.2 Å². The summed E-state index contributed by atoms with van der Waals surface area (Å²) in [7, 11) is 1.75. The summed E-state index contributed by atoms with van der Waals surface area (Å²) in [5.41, 5.74) is 2.08. The van der Waals surface area contributed by atoms with Crippen molar-refractivity contribution in [3.8, 4) is 11.5 Å². The zero-order valence-electron chi connectivity index (χ0n) is 12.5. The van der Waals surface area contributed by atoms with E-state index in [0.717, 1.165) is 24.5 Å². The minimum atomic E-state index is -0.395. The van der Waals surface area contributed by atoms with E-state index in [0.29, 0.717) is 6.54 Å². The van der Waals surface area contributed by atoms with E-state index in [1.54, 1.807) is 7.11 Å². The predicted molar refractivity (Wildman–Crippen MR) is 79.0 cm³/mol. The van der Waals surface area contributed by atoms with E-state index in [4.69, 9.17) is 14.2 Å². The first kappa shape index (κ1) is 12.9. The van der Waals surface area contributed by atoms with Crippen molar-refractivity contribution in [1.29, 1.82) is 0 Å². The first-order valence-electron chi connectivity index (χ1n) is 7.79. The molecule has 5 heteroatoms. The third kappa shape index (κ3) is 1.44. The van der Waals surface area contributed by atoms with Gasteiger partial charge in [-0.1, -0.05) is 12.2 Å². The predicted octanol–water partition coefficient (Wildman–Crippen LogP) is 1.19. The molecule has 1 aromatic carbocycles. The lowest BCUT2D eigenvalue weighted by atomic mass is 9.65. The van der Waals surface area contributed by atoms with Gasteiger partial charge >= 0.3 is 0 Å². The fourth-order valence-corrected chi connectivity index (χ4v) is 4.69. The molecule has 0 radical (unpaired) electrons. The van der Waals surface area contributed by atoms with Crippen LogP contribution in [0.4, 0.5) is 0 Å². The van der Waals surface area contributed by atoms with Crippen molar-refractivity contribution in [3.05, 3.63) is 35.4 Å². The number of fused-ring (bicyclic) bond motifs is 2. The lowest BCUT2D eigenvalue weighted by molar-refractivity contribution is 0.0660. The molecule has 3 heterocycles. The number of benzene rings is 1. The quantitative estimate of drug-likeness (QED) is 0.790. The Bertz CT molecular complexity index is 673. The fourth-order valence-electron chi connectivity index (χ4n) is 4.69. The monoisotopic (exact) mass is 301 g/mol. The lowest BCUT2D eigenvalue weighted by Gasteiger charge is -2.46. The maximum atomic E-state index is 10.8. The Balaban J connectivity index is 1.72. The van der Waals surface area contributed by atoms with Crippen LogP contribution in [-0.4, -0.2) is 48.7 Å². The van der Waals surface area contributed by atoms with Gasteiger partial charge in [0.25, 0.3) is 0 Å². The molecule has 1 aromatic rings. The molecule has 1 aliphatic carbocycles. The minimum Gasteiger partial charge on any atom is -0.454 e. The largest absolute Gasteiger partial charge is 0.454 e. The van der Waals surface area contributed by atoms with Gasteiger partial charge in [-0.25, -0.2) is 0 Å². The van der Waals surface area contributed by atoms with Crippen LogP contribution in [0.3, 0.4) is 0 Å². The van der Waals surface area contributed by atoms with E-state index in [1.807, 2.05) is 0 Å². The second-order valence-electron chi connectivity index (χ2n) is 6.63. The second-order valence-corrected chi connectivity index (χ2v) is 6.63. The number of hydrogen-bond donors (Lipinski definition) is 1. The molecule has 116 valence electrons. The van der Waals surface area contributed by atoms with Crippen LogP contribution in [0.25, 0.3) is 0 Å². The maximum absolute atomic E-state index is 10.8. The Kier molecular flexibility index (Phi) is 2.50. The first-order valence-corrected chi connectivity index (χ1v) is 7.79. The molecule has 3 aliphatic heterocycles. The summed E-state index contributed by atoms with van der Waals surface area (Å²) in [4.78, 5) is 2.38. The molecule has 0 amide bonds. The minimum absolute atomic E-state index is 0.126. The van der Waals surface area contributed by atoms with Crippen molar-refractivity contribution in [1.82, 2.24) is 4.90 Å². The smallest absolute Gasteiger partial charge is 0.231 e. The highest BCUT2D eigenvalue weighted by Gasteiger charge is 2.58.